The Kier molecular flexibility index (Phi) is 2.97. The summed E-state index contributed by atoms with van der Waals surface area (Å²) in [5, 5.41) is 10.8. The molecule has 0 bridgehead atoms. The molecule has 0 fully saturated rings. The van der Waals surface area contributed by atoms with Crippen LogP contribution in [0.15, 0.2) is 11.9 Å². The van der Waals surface area contributed by atoms with Crippen molar-refractivity contribution in [1.82, 2.24) is 9.38 Å². The predicted octanol–water partition coefficient (Wildman–Crippen LogP) is 3.04. The maximum Gasteiger partial charge on any atom is 0.248 e. The predicted molar refractivity (Wildman–Crippen MR) is 67.8 cm³/mol. The van der Waals surface area contributed by atoms with Gasteiger partial charge in [0.25, 0.3) is 0 Å². The molecule has 90 valence electrons. The van der Waals surface area contributed by atoms with E-state index in [-0.39, 0.29) is 10.6 Å². The number of aromatic nitrogens is 2. The molecule has 0 spiro atoms. The molecule has 0 aliphatic heterocycles. The van der Waals surface area contributed by atoms with Crippen molar-refractivity contribution in [3.63, 3.8) is 0 Å². The van der Waals surface area contributed by atoms with Gasteiger partial charge in [-0.05, 0) is 13.8 Å². The third-order valence-electron chi connectivity index (χ3n) is 2.56. The Hall–Kier alpha value is -1.69. The minimum atomic E-state index is -0.335. The van der Waals surface area contributed by atoms with Crippen molar-refractivity contribution >= 4 is 22.4 Å². The van der Waals surface area contributed by atoms with E-state index in [9.17, 15) is 10.1 Å². The maximum atomic E-state index is 10.8. The summed E-state index contributed by atoms with van der Waals surface area (Å²) >= 11 is 1.58. The molecule has 2 heterocycles. The van der Waals surface area contributed by atoms with Gasteiger partial charge in [0.2, 0.25) is 5.70 Å². The summed E-state index contributed by atoms with van der Waals surface area (Å²) in [5.74, 6) is 0. The summed E-state index contributed by atoms with van der Waals surface area (Å²) in [6.07, 6.45) is 3.98. The highest BCUT2D eigenvalue weighted by atomic mass is 32.1. The SMILES string of the molecule is CCC(=Cc1c(C)nc2sc(C)cn12)[N+](=O)[O-]. The zero-order valence-electron chi connectivity index (χ0n) is 9.93. The average Bonchev–Trinajstić information content (AvgIpc) is 2.71. The summed E-state index contributed by atoms with van der Waals surface area (Å²) in [7, 11) is 0. The Labute approximate surface area is 103 Å². The number of nitro groups is 1. The van der Waals surface area contributed by atoms with Crippen molar-refractivity contribution in [2.24, 2.45) is 0 Å². The van der Waals surface area contributed by atoms with Gasteiger partial charge < -0.3 is 0 Å². The molecule has 0 atom stereocenters. The first kappa shape index (κ1) is 11.8. The van der Waals surface area contributed by atoms with Gasteiger partial charge in [0.05, 0.1) is 16.3 Å². The van der Waals surface area contributed by atoms with Gasteiger partial charge in [0.1, 0.15) is 0 Å². The Morgan fingerprint density at radius 2 is 2.35 bits per heavy atom. The van der Waals surface area contributed by atoms with Crippen LogP contribution in [0.5, 0.6) is 0 Å². The number of fused-ring (bicyclic) bond motifs is 1. The van der Waals surface area contributed by atoms with Gasteiger partial charge in [0.15, 0.2) is 4.96 Å². The number of thiazole rings is 1. The van der Waals surface area contributed by atoms with E-state index >= 15 is 0 Å². The topological polar surface area (TPSA) is 60.4 Å². The normalized spacial score (nSPS) is 12.3. The van der Waals surface area contributed by atoms with Crippen molar-refractivity contribution in [3.8, 4) is 0 Å². The fourth-order valence-electron chi connectivity index (χ4n) is 1.70. The minimum Gasteiger partial charge on any atom is -0.290 e. The van der Waals surface area contributed by atoms with Crippen LogP contribution in [-0.2, 0) is 0 Å². The van der Waals surface area contributed by atoms with Crippen LogP contribution in [0.4, 0.5) is 0 Å². The Balaban J connectivity index is 2.61. The molecule has 0 saturated heterocycles. The average molecular weight is 251 g/mol. The Bertz CT molecular complexity index is 610. The van der Waals surface area contributed by atoms with Gasteiger partial charge in [-0.2, -0.15) is 0 Å². The van der Waals surface area contributed by atoms with Crippen LogP contribution in [0.25, 0.3) is 11.0 Å². The molecular weight excluding hydrogens is 238 g/mol. The highest BCUT2D eigenvalue weighted by molar-refractivity contribution is 7.17. The molecule has 5 nitrogen and oxygen atoms in total. The molecule has 0 aliphatic rings. The first-order chi connectivity index (χ1) is 8.02. The van der Waals surface area contributed by atoms with Gasteiger partial charge in [-0.25, -0.2) is 4.98 Å². The first-order valence-corrected chi connectivity index (χ1v) is 6.14. The van der Waals surface area contributed by atoms with Crippen LogP contribution in [0.1, 0.15) is 29.6 Å². The van der Waals surface area contributed by atoms with Gasteiger partial charge in [-0.1, -0.05) is 6.92 Å². The number of hydrogen-bond donors (Lipinski definition) is 0. The van der Waals surface area contributed by atoms with E-state index in [1.807, 2.05) is 24.4 Å². The van der Waals surface area contributed by atoms with Crippen molar-refractivity contribution in [2.75, 3.05) is 0 Å². The molecule has 2 rings (SSSR count). The molecular formula is C11H13N3O2S. The lowest BCUT2D eigenvalue weighted by Crippen LogP contribution is -1.98. The number of nitrogens with zero attached hydrogens (tertiary/aromatic N) is 3. The van der Waals surface area contributed by atoms with E-state index in [2.05, 4.69) is 4.98 Å². The summed E-state index contributed by atoms with van der Waals surface area (Å²) in [5.41, 5.74) is 1.83. The van der Waals surface area contributed by atoms with E-state index < -0.39 is 0 Å². The highest BCUT2D eigenvalue weighted by Gasteiger charge is 2.14. The Morgan fingerprint density at radius 3 is 2.94 bits per heavy atom. The maximum absolute atomic E-state index is 10.8. The lowest BCUT2D eigenvalue weighted by Gasteiger charge is -1.95. The van der Waals surface area contributed by atoms with Crippen LogP contribution in [0.2, 0.25) is 0 Å². The second kappa shape index (κ2) is 4.29. The number of imidazole rings is 1. The third-order valence-corrected chi connectivity index (χ3v) is 3.46. The first-order valence-electron chi connectivity index (χ1n) is 5.33. The molecule has 0 unspecified atom stereocenters. The quantitative estimate of drug-likeness (QED) is 0.622. The molecule has 2 aromatic heterocycles. The number of aryl methyl sites for hydroxylation is 2. The van der Waals surface area contributed by atoms with Crippen LogP contribution in [0.3, 0.4) is 0 Å². The number of rotatable bonds is 3. The second-order valence-corrected chi connectivity index (χ2v) is 5.04. The van der Waals surface area contributed by atoms with Crippen molar-refractivity contribution in [1.29, 1.82) is 0 Å². The van der Waals surface area contributed by atoms with Crippen molar-refractivity contribution in [2.45, 2.75) is 27.2 Å². The molecule has 17 heavy (non-hydrogen) atoms. The summed E-state index contributed by atoms with van der Waals surface area (Å²) in [6.45, 7) is 5.64. The number of allylic oxidation sites excluding steroid dienone is 1. The standard InChI is InChI=1S/C11H13N3O2S/c1-4-9(14(15)16)5-10-8(3)12-11-13(10)6-7(2)17-11/h5-6H,4H2,1-3H3. The van der Waals surface area contributed by atoms with E-state index in [1.54, 1.807) is 24.3 Å². The second-order valence-electron chi connectivity index (χ2n) is 3.82. The zero-order valence-corrected chi connectivity index (χ0v) is 10.7. The molecule has 6 heteroatoms. The van der Waals surface area contributed by atoms with E-state index in [1.165, 1.54) is 0 Å². The molecule has 0 saturated carbocycles. The van der Waals surface area contributed by atoms with Gasteiger partial charge in [-0.3, -0.25) is 14.5 Å². The summed E-state index contributed by atoms with van der Waals surface area (Å²) in [4.78, 5) is 16.9. The lowest BCUT2D eigenvalue weighted by atomic mass is 10.2. The fourth-order valence-corrected chi connectivity index (χ4v) is 2.57. The largest absolute Gasteiger partial charge is 0.290 e. The Morgan fingerprint density at radius 1 is 1.65 bits per heavy atom. The molecule has 2 aromatic rings. The molecule has 0 aromatic carbocycles. The molecule has 0 aliphatic carbocycles. The van der Waals surface area contributed by atoms with Crippen LogP contribution in [-0.4, -0.2) is 14.3 Å². The van der Waals surface area contributed by atoms with Crippen LogP contribution < -0.4 is 0 Å². The van der Waals surface area contributed by atoms with E-state index in [4.69, 9.17) is 0 Å². The summed E-state index contributed by atoms with van der Waals surface area (Å²) in [6, 6.07) is 0. The third kappa shape index (κ3) is 2.08. The van der Waals surface area contributed by atoms with Gasteiger partial charge in [-0.15, -0.1) is 11.3 Å². The molecule has 0 N–H and O–H groups in total. The lowest BCUT2D eigenvalue weighted by molar-refractivity contribution is -0.425. The fraction of sp³-hybridized carbons (Fsp3) is 0.364. The minimum absolute atomic E-state index is 0.207. The van der Waals surface area contributed by atoms with Gasteiger partial charge in [0, 0.05) is 23.6 Å². The highest BCUT2D eigenvalue weighted by Crippen LogP contribution is 2.22. The smallest absolute Gasteiger partial charge is 0.248 e. The van der Waals surface area contributed by atoms with E-state index in [0.29, 0.717) is 6.42 Å². The molecule has 0 amide bonds. The van der Waals surface area contributed by atoms with Crippen molar-refractivity contribution in [3.05, 3.63) is 38.3 Å². The summed E-state index contributed by atoms with van der Waals surface area (Å²) < 4.78 is 1.91. The van der Waals surface area contributed by atoms with Gasteiger partial charge >= 0.3 is 0 Å². The van der Waals surface area contributed by atoms with Crippen LogP contribution >= 0.6 is 11.3 Å². The zero-order chi connectivity index (χ0) is 12.6. The van der Waals surface area contributed by atoms with Crippen molar-refractivity contribution < 1.29 is 4.92 Å². The molecule has 0 radical (unpaired) electrons. The monoisotopic (exact) mass is 251 g/mol. The van der Waals surface area contributed by atoms with E-state index in [0.717, 1.165) is 21.2 Å². The number of hydrogen-bond acceptors (Lipinski definition) is 4. The van der Waals surface area contributed by atoms with Crippen LogP contribution in [0, 0.1) is 24.0 Å².